The van der Waals surface area contributed by atoms with Gasteiger partial charge in [0.05, 0.1) is 22.8 Å². The summed E-state index contributed by atoms with van der Waals surface area (Å²) >= 11 is 7.24. The van der Waals surface area contributed by atoms with E-state index in [9.17, 15) is 9.59 Å². The topological polar surface area (TPSA) is 108 Å². The summed E-state index contributed by atoms with van der Waals surface area (Å²) in [6.45, 7) is 3.17. The number of anilines is 1. The second kappa shape index (κ2) is 8.28. The fourth-order valence-corrected chi connectivity index (χ4v) is 4.24. The monoisotopic (exact) mass is 412 g/mol. The van der Waals surface area contributed by atoms with E-state index in [2.05, 4.69) is 20.2 Å². The van der Waals surface area contributed by atoms with Crippen LogP contribution in [0.2, 0.25) is 5.15 Å². The molecule has 0 saturated carbocycles. The summed E-state index contributed by atoms with van der Waals surface area (Å²) in [5, 5.41) is 13.2. The average molecular weight is 413 g/mol. The zero-order valence-corrected chi connectivity index (χ0v) is 16.6. The lowest BCUT2D eigenvalue weighted by Gasteiger charge is -2.38. The summed E-state index contributed by atoms with van der Waals surface area (Å²) in [5.41, 5.74) is 0.729. The highest BCUT2D eigenvalue weighted by Crippen LogP contribution is 2.29. The van der Waals surface area contributed by atoms with Crippen LogP contribution in [0, 0.1) is 0 Å². The zero-order valence-electron chi connectivity index (χ0n) is 15.0. The second-order valence-corrected chi connectivity index (χ2v) is 7.66. The SMILES string of the molecule is CCc1[nH]c(C(=O)N[C@@H]2CCN(c3ccc(C(=O)O)s3)C[C@@H]2OC)nc1Cl. The number of amides is 1. The molecule has 0 unspecified atom stereocenters. The van der Waals surface area contributed by atoms with Crippen LogP contribution in [0.4, 0.5) is 5.00 Å². The number of H-pyrrole nitrogens is 1. The number of thiophene rings is 1. The minimum absolute atomic E-state index is 0.174. The van der Waals surface area contributed by atoms with Gasteiger partial charge in [0.1, 0.15) is 4.88 Å². The van der Waals surface area contributed by atoms with Crippen molar-refractivity contribution < 1.29 is 19.4 Å². The first-order valence-corrected chi connectivity index (χ1v) is 9.78. The number of aromatic carboxylic acids is 1. The van der Waals surface area contributed by atoms with Gasteiger partial charge in [-0.05, 0) is 25.0 Å². The number of carbonyl (C=O) groups is 2. The molecule has 146 valence electrons. The van der Waals surface area contributed by atoms with Gasteiger partial charge >= 0.3 is 5.97 Å². The molecule has 2 aromatic rings. The van der Waals surface area contributed by atoms with Gasteiger partial charge in [-0.3, -0.25) is 4.79 Å². The van der Waals surface area contributed by atoms with E-state index in [0.29, 0.717) is 36.0 Å². The van der Waals surface area contributed by atoms with Crippen molar-refractivity contribution in [3.63, 3.8) is 0 Å². The molecule has 1 fully saturated rings. The third-order valence-corrected chi connectivity index (χ3v) is 6.04. The Kier molecular flexibility index (Phi) is 6.03. The smallest absolute Gasteiger partial charge is 0.345 e. The van der Waals surface area contributed by atoms with Crippen molar-refractivity contribution in [1.29, 1.82) is 0 Å². The molecule has 27 heavy (non-hydrogen) atoms. The number of ether oxygens (including phenoxy) is 1. The maximum Gasteiger partial charge on any atom is 0.345 e. The highest BCUT2D eigenvalue weighted by Gasteiger charge is 2.32. The lowest BCUT2D eigenvalue weighted by Crippen LogP contribution is -2.55. The van der Waals surface area contributed by atoms with Crippen LogP contribution in [0.1, 0.15) is 39.3 Å². The highest BCUT2D eigenvalue weighted by molar-refractivity contribution is 7.17. The predicted octanol–water partition coefficient (Wildman–Crippen LogP) is 2.41. The molecule has 1 amide bonds. The van der Waals surface area contributed by atoms with E-state index in [1.165, 1.54) is 11.3 Å². The van der Waals surface area contributed by atoms with Crippen molar-refractivity contribution in [2.24, 2.45) is 0 Å². The maximum atomic E-state index is 12.5. The molecule has 3 N–H and O–H groups in total. The number of aromatic amines is 1. The Labute approximate surface area is 165 Å². The van der Waals surface area contributed by atoms with Gasteiger partial charge in [-0.25, -0.2) is 9.78 Å². The number of nitrogens with zero attached hydrogens (tertiary/aromatic N) is 2. The Bertz CT molecular complexity index is 837. The van der Waals surface area contributed by atoms with Gasteiger partial charge in [-0.15, -0.1) is 11.3 Å². The molecule has 1 aliphatic rings. The number of hydrogen-bond acceptors (Lipinski definition) is 6. The number of piperidine rings is 1. The van der Waals surface area contributed by atoms with Gasteiger partial charge < -0.3 is 25.0 Å². The number of carboxylic acid groups (broad SMARTS) is 1. The molecule has 2 aromatic heterocycles. The van der Waals surface area contributed by atoms with Gasteiger partial charge in [-0.2, -0.15) is 0 Å². The lowest BCUT2D eigenvalue weighted by atomic mass is 10.0. The molecule has 10 heteroatoms. The number of carboxylic acids is 1. The Morgan fingerprint density at radius 3 is 2.89 bits per heavy atom. The fraction of sp³-hybridized carbons (Fsp3) is 0.471. The predicted molar refractivity (Wildman–Crippen MR) is 103 cm³/mol. The summed E-state index contributed by atoms with van der Waals surface area (Å²) in [6, 6.07) is 3.23. The minimum Gasteiger partial charge on any atom is -0.477 e. The van der Waals surface area contributed by atoms with Gasteiger partial charge in [0, 0.05) is 20.2 Å². The molecule has 3 rings (SSSR count). The number of rotatable bonds is 6. The maximum absolute atomic E-state index is 12.5. The number of methoxy groups -OCH3 is 1. The fourth-order valence-electron chi connectivity index (χ4n) is 3.10. The van der Waals surface area contributed by atoms with Gasteiger partial charge in [-0.1, -0.05) is 18.5 Å². The third kappa shape index (κ3) is 4.26. The Morgan fingerprint density at radius 2 is 2.30 bits per heavy atom. The van der Waals surface area contributed by atoms with E-state index >= 15 is 0 Å². The molecule has 2 atom stereocenters. The lowest BCUT2D eigenvalue weighted by molar-refractivity contribution is 0.0539. The van der Waals surface area contributed by atoms with Crippen LogP contribution in [-0.4, -0.2) is 59.3 Å². The van der Waals surface area contributed by atoms with Crippen molar-refractivity contribution >= 4 is 39.8 Å². The zero-order chi connectivity index (χ0) is 19.6. The molecule has 0 bridgehead atoms. The average Bonchev–Trinajstić information content (AvgIpc) is 3.29. The van der Waals surface area contributed by atoms with Crippen LogP contribution < -0.4 is 10.2 Å². The normalized spacial score (nSPS) is 19.9. The van der Waals surface area contributed by atoms with Gasteiger partial charge in [0.2, 0.25) is 0 Å². The Morgan fingerprint density at radius 1 is 1.52 bits per heavy atom. The molecule has 1 saturated heterocycles. The third-order valence-electron chi connectivity index (χ3n) is 4.59. The van der Waals surface area contributed by atoms with Crippen LogP contribution in [0.3, 0.4) is 0 Å². The van der Waals surface area contributed by atoms with Crippen molar-refractivity contribution in [2.45, 2.75) is 31.9 Å². The Hall–Kier alpha value is -2.10. The quantitative estimate of drug-likeness (QED) is 0.672. The first-order chi connectivity index (χ1) is 12.9. The van der Waals surface area contributed by atoms with Crippen molar-refractivity contribution in [1.82, 2.24) is 15.3 Å². The molecule has 8 nitrogen and oxygen atoms in total. The number of aryl methyl sites for hydroxylation is 1. The number of carbonyl (C=O) groups excluding carboxylic acids is 1. The van der Waals surface area contributed by atoms with Gasteiger partial charge in [0.15, 0.2) is 11.0 Å². The summed E-state index contributed by atoms with van der Waals surface area (Å²) in [5.74, 6) is -1.06. The van der Waals surface area contributed by atoms with Crippen molar-refractivity contribution in [2.75, 3.05) is 25.1 Å². The van der Waals surface area contributed by atoms with Crippen molar-refractivity contribution in [3.05, 3.63) is 33.7 Å². The summed E-state index contributed by atoms with van der Waals surface area (Å²) in [7, 11) is 1.60. The number of aromatic nitrogens is 2. The van der Waals surface area contributed by atoms with E-state index in [1.54, 1.807) is 19.2 Å². The first-order valence-electron chi connectivity index (χ1n) is 8.59. The molecule has 3 heterocycles. The molecular formula is C17H21ClN4O4S. The summed E-state index contributed by atoms with van der Waals surface area (Å²) in [6.07, 6.45) is 1.10. The number of halogens is 1. The van der Waals surface area contributed by atoms with E-state index in [0.717, 1.165) is 10.7 Å². The Balaban J connectivity index is 1.65. The standard InChI is InChI=1S/C17H21ClN4O4S/c1-3-9-14(18)21-15(19-9)16(23)20-10-6-7-22(8-11(10)26-2)13-5-4-12(27-13)17(24)25/h4-5,10-11H,3,6-8H2,1-2H3,(H,19,21)(H,20,23)(H,24,25)/t10-,11+/m1/s1. The van der Waals surface area contributed by atoms with Crippen LogP contribution in [0.15, 0.2) is 12.1 Å². The van der Waals surface area contributed by atoms with E-state index in [-0.39, 0.29) is 23.9 Å². The van der Waals surface area contributed by atoms with Crippen LogP contribution in [0.5, 0.6) is 0 Å². The number of hydrogen-bond donors (Lipinski definition) is 3. The number of imidazole rings is 1. The largest absolute Gasteiger partial charge is 0.477 e. The van der Waals surface area contributed by atoms with Gasteiger partial charge in [0.25, 0.3) is 5.91 Å². The molecule has 0 aliphatic carbocycles. The molecule has 0 aromatic carbocycles. The van der Waals surface area contributed by atoms with E-state index < -0.39 is 5.97 Å². The highest BCUT2D eigenvalue weighted by atomic mass is 35.5. The molecule has 0 spiro atoms. The first kappa shape index (κ1) is 19.7. The number of nitrogens with one attached hydrogen (secondary N) is 2. The van der Waals surface area contributed by atoms with Crippen LogP contribution in [-0.2, 0) is 11.2 Å². The van der Waals surface area contributed by atoms with Crippen molar-refractivity contribution in [3.8, 4) is 0 Å². The van der Waals surface area contributed by atoms with E-state index in [4.69, 9.17) is 21.4 Å². The molecule has 1 aliphatic heterocycles. The van der Waals surface area contributed by atoms with Crippen LogP contribution >= 0.6 is 22.9 Å². The van der Waals surface area contributed by atoms with E-state index in [1.807, 2.05) is 6.92 Å². The minimum atomic E-state index is -0.930. The summed E-state index contributed by atoms with van der Waals surface area (Å²) in [4.78, 5) is 33.0. The molecular weight excluding hydrogens is 392 g/mol. The van der Waals surface area contributed by atoms with Crippen LogP contribution in [0.25, 0.3) is 0 Å². The molecule has 0 radical (unpaired) electrons. The summed E-state index contributed by atoms with van der Waals surface area (Å²) < 4.78 is 5.57. The second-order valence-electron chi connectivity index (χ2n) is 6.24.